The Kier molecular flexibility index (Phi) is 6.04. The van der Waals surface area contributed by atoms with Crippen LogP contribution in [0.5, 0.6) is 0 Å². The first-order valence-corrected chi connectivity index (χ1v) is 7.97. The topological polar surface area (TPSA) is 77.8 Å². The first kappa shape index (κ1) is 17.3. The van der Waals surface area contributed by atoms with Crippen molar-refractivity contribution in [2.75, 3.05) is 40.8 Å². The van der Waals surface area contributed by atoms with E-state index in [1.54, 1.807) is 18.2 Å². The Morgan fingerprint density at radius 3 is 2.61 bits per heavy atom. The fourth-order valence-corrected chi connectivity index (χ4v) is 2.86. The normalized spacial score (nSPS) is 17.1. The summed E-state index contributed by atoms with van der Waals surface area (Å²) in [5, 5.41) is 5.64. The molecule has 2 rings (SSSR count). The van der Waals surface area contributed by atoms with Crippen molar-refractivity contribution in [3.05, 3.63) is 24.2 Å². The molecule has 128 valence electrons. The summed E-state index contributed by atoms with van der Waals surface area (Å²) in [4.78, 5) is 27.7. The molecule has 0 unspecified atom stereocenters. The number of hydrogen-bond donors (Lipinski definition) is 2. The molecule has 7 heteroatoms. The van der Waals surface area contributed by atoms with Crippen LogP contribution in [0.3, 0.4) is 0 Å². The number of nitrogens with one attached hydrogen (secondary N) is 2. The molecule has 0 aromatic carbocycles. The van der Waals surface area contributed by atoms with Crippen LogP contribution in [0.4, 0.5) is 4.79 Å². The number of carbonyl (C=O) groups excluding carboxylic acids is 2. The van der Waals surface area contributed by atoms with E-state index in [4.69, 9.17) is 4.42 Å². The van der Waals surface area contributed by atoms with E-state index >= 15 is 0 Å². The van der Waals surface area contributed by atoms with Gasteiger partial charge < -0.3 is 20.0 Å². The van der Waals surface area contributed by atoms with E-state index in [2.05, 4.69) is 10.6 Å². The molecule has 3 amide bonds. The molecule has 2 N–H and O–H groups in total. The molecule has 7 nitrogen and oxygen atoms in total. The van der Waals surface area contributed by atoms with Gasteiger partial charge in [0.2, 0.25) is 5.91 Å². The van der Waals surface area contributed by atoms with E-state index in [0.717, 1.165) is 5.76 Å². The molecule has 1 atom stereocenters. The van der Waals surface area contributed by atoms with E-state index in [1.165, 1.54) is 0 Å². The van der Waals surface area contributed by atoms with Crippen molar-refractivity contribution >= 4 is 11.9 Å². The zero-order valence-corrected chi connectivity index (χ0v) is 14.0. The van der Waals surface area contributed by atoms with Crippen molar-refractivity contribution in [1.29, 1.82) is 0 Å². The molecule has 0 bridgehead atoms. The molecule has 1 aliphatic heterocycles. The van der Waals surface area contributed by atoms with Gasteiger partial charge in [-0.05, 0) is 39.1 Å². The second kappa shape index (κ2) is 8.01. The average molecular weight is 322 g/mol. The molecule has 1 aromatic heterocycles. The van der Waals surface area contributed by atoms with Gasteiger partial charge in [-0.15, -0.1) is 0 Å². The lowest BCUT2D eigenvalue weighted by Gasteiger charge is -2.32. The summed E-state index contributed by atoms with van der Waals surface area (Å²) in [5.41, 5.74) is 0. The zero-order chi connectivity index (χ0) is 16.8. The maximum absolute atomic E-state index is 12.3. The van der Waals surface area contributed by atoms with E-state index < -0.39 is 0 Å². The summed E-state index contributed by atoms with van der Waals surface area (Å²) < 4.78 is 5.44. The Morgan fingerprint density at radius 1 is 1.39 bits per heavy atom. The smallest absolute Gasteiger partial charge is 0.317 e. The summed E-state index contributed by atoms with van der Waals surface area (Å²) in [6, 6.07) is 3.67. The Labute approximate surface area is 137 Å². The maximum atomic E-state index is 12.3. The van der Waals surface area contributed by atoms with Crippen LogP contribution >= 0.6 is 0 Å². The highest BCUT2D eigenvalue weighted by Crippen LogP contribution is 2.19. The van der Waals surface area contributed by atoms with Crippen LogP contribution in [-0.4, -0.2) is 62.5 Å². The van der Waals surface area contributed by atoms with Crippen LogP contribution in [0.15, 0.2) is 22.8 Å². The van der Waals surface area contributed by atoms with Crippen molar-refractivity contribution < 1.29 is 14.0 Å². The van der Waals surface area contributed by atoms with Gasteiger partial charge in [0.1, 0.15) is 5.76 Å². The van der Waals surface area contributed by atoms with Gasteiger partial charge in [0.15, 0.2) is 0 Å². The Hall–Kier alpha value is -2.02. The van der Waals surface area contributed by atoms with Crippen LogP contribution in [0.25, 0.3) is 0 Å². The molecule has 0 radical (unpaired) electrons. The molecule has 23 heavy (non-hydrogen) atoms. The highest BCUT2D eigenvalue weighted by molar-refractivity contribution is 5.79. The number of piperidine rings is 1. The van der Waals surface area contributed by atoms with Crippen LogP contribution in [0.1, 0.15) is 24.6 Å². The van der Waals surface area contributed by atoms with E-state index in [9.17, 15) is 9.59 Å². The second-order valence-corrected chi connectivity index (χ2v) is 6.06. The van der Waals surface area contributed by atoms with Gasteiger partial charge in [-0.3, -0.25) is 9.69 Å². The fourth-order valence-electron chi connectivity index (χ4n) is 2.86. The number of rotatable bonds is 5. The number of amides is 3. The largest absolute Gasteiger partial charge is 0.468 e. The summed E-state index contributed by atoms with van der Waals surface area (Å²) in [7, 11) is 5.56. The molecule has 1 saturated heterocycles. The number of urea groups is 1. The lowest BCUT2D eigenvalue weighted by molar-refractivity contribution is -0.125. The van der Waals surface area contributed by atoms with Crippen LogP contribution < -0.4 is 10.6 Å². The van der Waals surface area contributed by atoms with Gasteiger partial charge in [-0.1, -0.05) is 0 Å². The summed E-state index contributed by atoms with van der Waals surface area (Å²) in [6.07, 6.45) is 3.06. The molecule has 1 aliphatic rings. The molecule has 0 aliphatic carbocycles. The molecular weight excluding hydrogens is 296 g/mol. The third-order valence-corrected chi connectivity index (χ3v) is 4.34. The SMILES string of the molecule is CNC(=O)C1CCN(C(=O)NC[C@@H](c2ccco2)N(C)C)CC1. The van der Waals surface area contributed by atoms with E-state index in [1.807, 2.05) is 31.1 Å². The first-order chi connectivity index (χ1) is 11.0. The molecule has 2 heterocycles. The molecular formula is C16H26N4O3. The number of likely N-dealkylation sites (tertiary alicyclic amines) is 1. The lowest BCUT2D eigenvalue weighted by Crippen LogP contribution is -2.48. The van der Waals surface area contributed by atoms with Crippen molar-refractivity contribution in [3.8, 4) is 0 Å². The third-order valence-electron chi connectivity index (χ3n) is 4.34. The Morgan fingerprint density at radius 2 is 2.09 bits per heavy atom. The van der Waals surface area contributed by atoms with Crippen molar-refractivity contribution in [3.63, 3.8) is 0 Å². The average Bonchev–Trinajstić information content (AvgIpc) is 3.08. The van der Waals surface area contributed by atoms with E-state index in [-0.39, 0.29) is 23.9 Å². The summed E-state index contributed by atoms with van der Waals surface area (Å²) >= 11 is 0. The van der Waals surface area contributed by atoms with Gasteiger partial charge in [0.25, 0.3) is 0 Å². The molecule has 0 saturated carbocycles. The standard InChI is InChI=1S/C16H26N4O3/c1-17-15(21)12-6-8-20(9-7-12)16(22)18-11-13(19(2)3)14-5-4-10-23-14/h4-5,10,12-13H,6-9,11H2,1-3H3,(H,17,21)(H,18,22)/t13-/m0/s1. The van der Waals surface area contributed by atoms with E-state index in [0.29, 0.717) is 32.5 Å². The highest BCUT2D eigenvalue weighted by Gasteiger charge is 2.27. The number of furan rings is 1. The monoisotopic (exact) mass is 322 g/mol. The zero-order valence-electron chi connectivity index (χ0n) is 14.0. The van der Waals surface area contributed by atoms with Gasteiger partial charge >= 0.3 is 6.03 Å². The number of likely N-dealkylation sites (N-methyl/N-ethyl adjacent to an activating group) is 1. The molecule has 1 fully saturated rings. The number of carbonyl (C=O) groups is 2. The minimum absolute atomic E-state index is 0.00245. The van der Waals surface area contributed by atoms with Gasteiger partial charge in [0.05, 0.1) is 12.3 Å². The fraction of sp³-hybridized carbons (Fsp3) is 0.625. The Balaban J connectivity index is 1.82. The van der Waals surface area contributed by atoms with Gasteiger partial charge in [-0.25, -0.2) is 4.79 Å². The minimum Gasteiger partial charge on any atom is -0.468 e. The predicted molar refractivity (Wildman–Crippen MR) is 86.9 cm³/mol. The third kappa shape index (κ3) is 4.48. The van der Waals surface area contributed by atoms with Gasteiger partial charge in [0, 0.05) is 32.6 Å². The highest BCUT2D eigenvalue weighted by atomic mass is 16.3. The van der Waals surface area contributed by atoms with Crippen molar-refractivity contribution in [2.45, 2.75) is 18.9 Å². The number of hydrogen-bond acceptors (Lipinski definition) is 4. The van der Waals surface area contributed by atoms with Crippen LogP contribution in [0, 0.1) is 5.92 Å². The van der Waals surface area contributed by atoms with Crippen LogP contribution in [-0.2, 0) is 4.79 Å². The van der Waals surface area contributed by atoms with Crippen LogP contribution in [0.2, 0.25) is 0 Å². The predicted octanol–water partition coefficient (Wildman–Crippen LogP) is 1.05. The second-order valence-electron chi connectivity index (χ2n) is 6.06. The van der Waals surface area contributed by atoms with Crippen molar-refractivity contribution in [1.82, 2.24) is 20.4 Å². The summed E-state index contributed by atoms with van der Waals surface area (Å²) in [5.74, 6) is 0.908. The molecule has 1 aromatic rings. The quantitative estimate of drug-likeness (QED) is 0.849. The minimum atomic E-state index is -0.0845. The number of nitrogens with zero attached hydrogens (tertiary/aromatic N) is 2. The van der Waals surface area contributed by atoms with Crippen molar-refractivity contribution in [2.24, 2.45) is 5.92 Å². The summed E-state index contributed by atoms with van der Waals surface area (Å²) in [6.45, 7) is 1.70. The Bertz CT molecular complexity index is 507. The maximum Gasteiger partial charge on any atom is 0.317 e. The van der Waals surface area contributed by atoms with Gasteiger partial charge in [-0.2, -0.15) is 0 Å². The first-order valence-electron chi connectivity index (χ1n) is 7.97. The molecule has 0 spiro atoms. The lowest BCUT2D eigenvalue weighted by atomic mass is 9.96.